The highest BCUT2D eigenvalue weighted by Crippen LogP contribution is 2.29. The van der Waals surface area contributed by atoms with E-state index in [-0.39, 0.29) is 0 Å². The number of anilines is 3. The normalized spacial score (nSPS) is 17.1. The van der Waals surface area contributed by atoms with Crippen molar-refractivity contribution < 1.29 is 0 Å². The molecule has 2 aromatic rings. The zero-order chi connectivity index (χ0) is 22.7. The van der Waals surface area contributed by atoms with Gasteiger partial charge in [-0.3, -0.25) is 4.90 Å². The molecule has 1 saturated heterocycles. The number of nitriles is 1. The summed E-state index contributed by atoms with van der Waals surface area (Å²) in [5, 5.41) is 16.1. The lowest BCUT2D eigenvalue weighted by Crippen LogP contribution is -2.46. The molecule has 0 radical (unpaired) electrons. The molecule has 1 atom stereocenters. The molecule has 0 spiro atoms. The first-order valence-electron chi connectivity index (χ1n) is 11.5. The van der Waals surface area contributed by atoms with Gasteiger partial charge >= 0.3 is 0 Å². The quantitative estimate of drug-likeness (QED) is 0.663. The fraction of sp³-hybridized carbons (Fsp3) is 0.385. The first kappa shape index (κ1) is 21.8. The first-order chi connectivity index (χ1) is 15.5. The van der Waals surface area contributed by atoms with Crippen LogP contribution in [0.1, 0.15) is 38.3 Å². The molecule has 0 aromatic heterocycles. The Bertz CT molecular complexity index is 1030. The van der Waals surface area contributed by atoms with Crippen molar-refractivity contribution >= 4 is 23.4 Å². The summed E-state index contributed by atoms with van der Waals surface area (Å²) in [6, 6.07) is 17.6. The molecule has 2 aromatic carbocycles. The van der Waals surface area contributed by atoms with Gasteiger partial charge in [-0.15, -0.1) is 0 Å². The van der Waals surface area contributed by atoms with Crippen LogP contribution in [0.2, 0.25) is 0 Å². The maximum absolute atomic E-state index is 9.58. The molecule has 1 unspecified atom stereocenters. The monoisotopic (exact) mass is 428 g/mol. The van der Waals surface area contributed by atoms with E-state index in [1.54, 1.807) is 0 Å². The fourth-order valence-electron chi connectivity index (χ4n) is 4.31. The number of benzene rings is 2. The minimum Gasteiger partial charge on any atom is -0.368 e. The van der Waals surface area contributed by atoms with Crippen molar-refractivity contribution in [3.8, 4) is 6.07 Å². The minimum atomic E-state index is 0.332. The summed E-state index contributed by atoms with van der Waals surface area (Å²) < 4.78 is 0. The Morgan fingerprint density at radius 3 is 2.28 bits per heavy atom. The van der Waals surface area contributed by atoms with E-state index in [9.17, 15) is 5.26 Å². The molecule has 2 aliphatic rings. The van der Waals surface area contributed by atoms with Gasteiger partial charge in [0.05, 0.1) is 17.3 Å². The Balaban J connectivity index is 1.40. The lowest BCUT2D eigenvalue weighted by molar-refractivity contribution is 0.286. The van der Waals surface area contributed by atoms with E-state index in [0.29, 0.717) is 6.04 Å². The molecule has 32 heavy (non-hydrogen) atoms. The number of hydrogen-bond donors (Lipinski definition) is 0. The van der Waals surface area contributed by atoms with Crippen molar-refractivity contribution in [2.75, 3.05) is 40.9 Å². The largest absolute Gasteiger partial charge is 0.368 e. The van der Waals surface area contributed by atoms with E-state index in [2.05, 4.69) is 84.7 Å². The van der Waals surface area contributed by atoms with Crippen molar-refractivity contribution in [2.45, 2.75) is 39.7 Å². The predicted octanol–water partition coefficient (Wildman–Crippen LogP) is 4.78. The number of hydrogen-bond acceptors (Lipinski definition) is 6. The molecule has 2 heterocycles. The second kappa shape index (κ2) is 9.35. The van der Waals surface area contributed by atoms with E-state index >= 15 is 0 Å². The van der Waals surface area contributed by atoms with Crippen molar-refractivity contribution in [3.63, 3.8) is 0 Å². The van der Waals surface area contributed by atoms with Crippen molar-refractivity contribution in [1.29, 1.82) is 5.26 Å². The van der Waals surface area contributed by atoms with Crippen LogP contribution in [0.3, 0.4) is 0 Å². The number of piperazine rings is 1. The van der Waals surface area contributed by atoms with E-state index in [0.717, 1.165) is 61.8 Å². The molecular formula is C26H32N6. The molecule has 0 N–H and O–H groups in total. The predicted molar refractivity (Wildman–Crippen MR) is 133 cm³/mol. The molecule has 0 aliphatic carbocycles. The highest BCUT2D eigenvalue weighted by molar-refractivity contribution is 5.85. The molecule has 1 fully saturated rings. The molecule has 0 bridgehead atoms. The Labute approximate surface area is 191 Å². The number of aryl methyl sites for hydroxylation is 1. The Morgan fingerprint density at radius 2 is 1.66 bits per heavy atom. The number of hydrazone groups is 1. The number of nitrogens with zero attached hydrogens (tertiary/aromatic N) is 6. The lowest BCUT2D eigenvalue weighted by Gasteiger charge is -2.38. The van der Waals surface area contributed by atoms with Crippen LogP contribution in [-0.2, 0) is 6.42 Å². The van der Waals surface area contributed by atoms with Gasteiger partial charge in [-0.1, -0.05) is 26.5 Å². The third-order valence-corrected chi connectivity index (χ3v) is 6.55. The van der Waals surface area contributed by atoms with Gasteiger partial charge in [0.1, 0.15) is 18.2 Å². The van der Waals surface area contributed by atoms with Crippen molar-refractivity contribution in [2.24, 2.45) is 5.10 Å². The van der Waals surface area contributed by atoms with E-state index in [4.69, 9.17) is 0 Å². The lowest BCUT2D eigenvalue weighted by atomic mass is 10.1. The summed E-state index contributed by atoms with van der Waals surface area (Å²) in [6.45, 7) is 14.3. The van der Waals surface area contributed by atoms with Gasteiger partial charge in [0, 0.05) is 37.6 Å². The van der Waals surface area contributed by atoms with Crippen molar-refractivity contribution in [3.05, 3.63) is 66.0 Å². The molecular weight excluding hydrogens is 396 g/mol. The number of rotatable bonds is 6. The summed E-state index contributed by atoms with van der Waals surface area (Å²) >= 11 is 0. The van der Waals surface area contributed by atoms with Crippen LogP contribution in [0.4, 0.5) is 17.1 Å². The van der Waals surface area contributed by atoms with Gasteiger partial charge in [0.2, 0.25) is 0 Å². The van der Waals surface area contributed by atoms with Gasteiger partial charge in [-0.05, 0) is 61.7 Å². The first-order valence-corrected chi connectivity index (χ1v) is 11.5. The summed E-state index contributed by atoms with van der Waals surface area (Å²) in [7, 11) is 0. The summed E-state index contributed by atoms with van der Waals surface area (Å²) in [4.78, 5) is 6.78. The van der Waals surface area contributed by atoms with Gasteiger partial charge in [0.15, 0.2) is 0 Å². The zero-order valence-corrected chi connectivity index (χ0v) is 19.3. The van der Waals surface area contributed by atoms with Gasteiger partial charge in [-0.25, -0.2) is 5.01 Å². The summed E-state index contributed by atoms with van der Waals surface area (Å²) in [5.41, 5.74) is 5.33. The van der Waals surface area contributed by atoms with Crippen LogP contribution in [0, 0.1) is 11.3 Å². The average molecular weight is 429 g/mol. The molecule has 166 valence electrons. The molecule has 6 heteroatoms. The smallest absolute Gasteiger partial charge is 0.128 e. The topological polar surface area (TPSA) is 49.1 Å². The van der Waals surface area contributed by atoms with Gasteiger partial charge < -0.3 is 9.80 Å². The minimum absolute atomic E-state index is 0.332. The third-order valence-electron chi connectivity index (χ3n) is 6.55. The van der Waals surface area contributed by atoms with Gasteiger partial charge in [-0.2, -0.15) is 10.4 Å². The second-order valence-corrected chi connectivity index (χ2v) is 8.43. The maximum atomic E-state index is 9.58. The summed E-state index contributed by atoms with van der Waals surface area (Å²) in [5.74, 6) is 0.892. The highest BCUT2D eigenvalue weighted by Gasteiger charge is 2.25. The van der Waals surface area contributed by atoms with E-state index in [1.165, 1.54) is 11.3 Å². The Morgan fingerprint density at radius 1 is 1.00 bits per heavy atom. The fourth-order valence-corrected chi connectivity index (χ4v) is 4.31. The Hall–Kier alpha value is -3.46. The highest BCUT2D eigenvalue weighted by atomic mass is 15.6. The molecule has 4 rings (SSSR count). The maximum Gasteiger partial charge on any atom is 0.128 e. The zero-order valence-electron chi connectivity index (χ0n) is 19.3. The SMILES string of the molecule is C=C1N(c2ccc(N3CCN(c4ccc(CC)cc4C#N)CC3)cc2)C=NN1C(C)CC. The van der Waals surface area contributed by atoms with Gasteiger partial charge in [0.25, 0.3) is 0 Å². The van der Waals surface area contributed by atoms with E-state index in [1.807, 2.05) is 22.3 Å². The second-order valence-electron chi connectivity index (χ2n) is 8.43. The third kappa shape index (κ3) is 4.16. The van der Waals surface area contributed by atoms with Crippen LogP contribution in [0.15, 0.2) is 60.0 Å². The van der Waals surface area contributed by atoms with Crippen LogP contribution < -0.4 is 14.7 Å². The van der Waals surface area contributed by atoms with Crippen LogP contribution in [0.25, 0.3) is 0 Å². The molecule has 6 nitrogen and oxygen atoms in total. The standard InChI is InChI=1S/C26H32N6/c1-5-20(3)32-21(4)31(19-28-32)25-10-8-24(9-11-25)29-13-15-30(16-14-29)26-12-7-22(6-2)17-23(26)18-27/h7-12,17,19-20H,4-6,13-16H2,1-3H3. The van der Waals surface area contributed by atoms with Crippen LogP contribution in [-0.4, -0.2) is 43.6 Å². The molecule has 2 aliphatic heterocycles. The van der Waals surface area contributed by atoms with Crippen LogP contribution in [0.5, 0.6) is 0 Å². The van der Waals surface area contributed by atoms with Crippen LogP contribution >= 0.6 is 0 Å². The van der Waals surface area contributed by atoms with E-state index < -0.39 is 0 Å². The summed E-state index contributed by atoms with van der Waals surface area (Å²) in [6.07, 6.45) is 3.82. The Kier molecular flexibility index (Phi) is 6.36. The van der Waals surface area contributed by atoms with Crippen molar-refractivity contribution in [1.82, 2.24) is 5.01 Å². The molecule has 0 saturated carbocycles. The molecule has 0 amide bonds. The average Bonchev–Trinajstić information content (AvgIpc) is 3.24.